The van der Waals surface area contributed by atoms with Crippen molar-refractivity contribution in [3.8, 4) is 5.75 Å². The first kappa shape index (κ1) is 17.0. The number of carbonyl (C=O) groups excluding carboxylic acids is 1. The molecule has 0 saturated heterocycles. The fourth-order valence-electron chi connectivity index (χ4n) is 1.55. The van der Waals surface area contributed by atoms with E-state index in [0.717, 1.165) is 10.9 Å². The molecule has 112 valence electrons. The molecule has 0 bridgehead atoms. The summed E-state index contributed by atoms with van der Waals surface area (Å²) < 4.78 is 6.51. The summed E-state index contributed by atoms with van der Waals surface area (Å²) in [6, 6.07) is 5.33. The monoisotopic (exact) mass is 343 g/mol. The van der Waals surface area contributed by atoms with Gasteiger partial charge in [-0.15, -0.1) is 0 Å². The highest BCUT2D eigenvalue weighted by Crippen LogP contribution is 2.24. The molecule has 0 aromatic heterocycles. The molecule has 5 heteroatoms. The van der Waals surface area contributed by atoms with Gasteiger partial charge in [-0.1, -0.05) is 22.9 Å². The molecule has 0 fully saturated rings. The van der Waals surface area contributed by atoms with Crippen molar-refractivity contribution < 1.29 is 14.6 Å². The van der Waals surface area contributed by atoms with Crippen LogP contribution in [0.4, 0.5) is 0 Å². The predicted octanol–water partition coefficient (Wildman–Crippen LogP) is 3.01. The zero-order chi connectivity index (χ0) is 15.3. The van der Waals surface area contributed by atoms with Crippen LogP contribution in [-0.2, 0) is 11.4 Å². The average Bonchev–Trinajstić information content (AvgIpc) is 2.40. The fourth-order valence-corrected chi connectivity index (χ4v) is 1.96. The zero-order valence-electron chi connectivity index (χ0n) is 12.4. The molecule has 2 N–H and O–H groups in total. The number of ether oxygens (including phenoxy) is 1. The van der Waals surface area contributed by atoms with E-state index in [9.17, 15) is 9.90 Å². The van der Waals surface area contributed by atoms with E-state index >= 15 is 0 Å². The molecule has 0 aliphatic heterocycles. The molecule has 0 radical (unpaired) electrons. The second-order valence-corrected chi connectivity index (χ2v) is 6.31. The first-order chi connectivity index (χ1) is 9.29. The van der Waals surface area contributed by atoms with Crippen LogP contribution in [-0.4, -0.2) is 22.7 Å². The number of benzene rings is 1. The van der Waals surface area contributed by atoms with E-state index < -0.39 is 6.10 Å². The highest BCUT2D eigenvalue weighted by atomic mass is 79.9. The lowest BCUT2D eigenvalue weighted by atomic mass is 10.0. The van der Waals surface area contributed by atoms with Gasteiger partial charge in [-0.05, 0) is 45.4 Å². The van der Waals surface area contributed by atoms with Crippen LogP contribution in [0.15, 0.2) is 22.7 Å². The number of halogens is 1. The van der Waals surface area contributed by atoms with E-state index in [4.69, 9.17) is 4.74 Å². The standard InChI is InChI=1S/C15H22BrNO3/c1-5-15(3,4)17-14(19)10(2)20-13-7-6-12(16)8-11(13)9-18/h6-8,10,18H,5,9H2,1-4H3,(H,17,19). The Morgan fingerprint density at radius 2 is 2.15 bits per heavy atom. The molecule has 0 heterocycles. The predicted molar refractivity (Wildman–Crippen MR) is 82.7 cm³/mol. The minimum Gasteiger partial charge on any atom is -0.481 e. The van der Waals surface area contributed by atoms with E-state index in [1.807, 2.05) is 26.8 Å². The Morgan fingerprint density at radius 1 is 1.50 bits per heavy atom. The summed E-state index contributed by atoms with van der Waals surface area (Å²) in [6.45, 7) is 7.52. The van der Waals surface area contributed by atoms with Crippen molar-refractivity contribution in [1.82, 2.24) is 5.32 Å². The molecule has 1 rings (SSSR count). The first-order valence-electron chi connectivity index (χ1n) is 6.67. The van der Waals surface area contributed by atoms with E-state index in [2.05, 4.69) is 21.2 Å². The molecule has 1 atom stereocenters. The Morgan fingerprint density at radius 3 is 2.70 bits per heavy atom. The third kappa shape index (κ3) is 4.80. The number of amides is 1. The molecule has 1 amide bonds. The summed E-state index contributed by atoms with van der Waals surface area (Å²) in [5.74, 6) is 0.358. The molecule has 20 heavy (non-hydrogen) atoms. The number of nitrogens with one attached hydrogen (secondary N) is 1. The Bertz CT molecular complexity index is 474. The van der Waals surface area contributed by atoms with Gasteiger partial charge in [0, 0.05) is 15.6 Å². The van der Waals surface area contributed by atoms with Crippen LogP contribution in [0.3, 0.4) is 0 Å². The smallest absolute Gasteiger partial charge is 0.261 e. The number of aliphatic hydroxyl groups is 1. The lowest BCUT2D eigenvalue weighted by molar-refractivity contribution is -0.129. The van der Waals surface area contributed by atoms with Crippen LogP contribution in [0.1, 0.15) is 39.7 Å². The number of aliphatic hydroxyl groups excluding tert-OH is 1. The van der Waals surface area contributed by atoms with Crippen molar-refractivity contribution in [2.24, 2.45) is 0 Å². The maximum Gasteiger partial charge on any atom is 0.261 e. The summed E-state index contributed by atoms with van der Waals surface area (Å²) in [4.78, 5) is 12.1. The van der Waals surface area contributed by atoms with Crippen LogP contribution in [0, 0.1) is 0 Å². The molecule has 1 unspecified atom stereocenters. The highest BCUT2D eigenvalue weighted by Gasteiger charge is 2.23. The maximum absolute atomic E-state index is 12.1. The summed E-state index contributed by atoms with van der Waals surface area (Å²) in [7, 11) is 0. The minimum absolute atomic E-state index is 0.135. The van der Waals surface area contributed by atoms with Gasteiger partial charge < -0.3 is 15.2 Å². The van der Waals surface area contributed by atoms with E-state index in [1.165, 1.54) is 0 Å². The molecule has 4 nitrogen and oxygen atoms in total. The Hall–Kier alpha value is -1.07. The van der Waals surface area contributed by atoms with Crippen molar-refractivity contribution >= 4 is 21.8 Å². The highest BCUT2D eigenvalue weighted by molar-refractivity contribution is 9.10. The molecule has 0 saturated carbocycles. The first-order valence-corrected chi connectivity index (χ1v) is 7.46. The van der Waals surface area contributed by atoms with E-state index in [-0.39, 0.29) is 18.1 Å². The third-order valence-electron chi connectivity index (χ3n) is 3.21. The van der Waals surface area contributed by atoms with Gasteiger partial charge in [-0.2, -0.15) is 0 Å². The Labute approximate surface area is 128 Å². The normalized spacial score (nSPS) is 12.9. The van der Waals surface area contributed by atoms with Gasteiger partial charge in [0.1, 0.15) is 5.75 Å². The Balaban J connectivity index is 2.75. The van der Waals surface area contributed by atoms with Gasteiger partial charge in [0.15, 0.2) is 6.10 Å². The summed E-state index contributed by atoms with van der Waals surface area (Å²) in [6.07, 6.45) is 0.221. The van der Waals surface area contributed by atoms with Gasteiger partial charge in [-0.3, -0.25) is 4.79 Å². The molecule has 1 aromatic carbocycles. The lowest BCUT2D eigenvalue weighted by Gasteiger charge is -2.27. The second-order valence-electron chi connectivity index (χ2n) is 5.40. The summed E-state index contributed by atoms with van der Waals surface area (Å²) in [5, 5.41) is 12.3. The maximum atomic E-state index is 12.1. The lowest BCUT2D eigenvalue weighted by Crippen LogP contribution is -2.48. The quantitative estimate of drug-likeness (QED) is 0.834. The summed E-state index contributed by atoms with van der Waals surface area (Å²) >= 11 is 3.34. The van der Waals surface area contributed by atoms with Crippen LogP contribution in [0.5, 0.6) is 5.75 Å². The zero-order valence-corrected chi connectivity index (χ0v) is 14.0. The van der Waals surface area contributed by atoms with Gasteiger partial charge in [0.25, 0.3) is 5.91 Å². The van der Waals surface area contributed by atoms with Gasteiger partial charge >= 0.3 is 0 Å². The van der Waals surface area contributed by atoms with Gasteiger partial charge in [-0.25, -0.2) is 0 Å². The van der Waals surface area contributed by atoms with Crippen molar-refractivity contribution in [1.29, 1.82) is 0 Å². The number of carbonyl (C=O) groups is 1. The molecular formula is C15H22BrNO3. The molecule has 1 aromatic rings. The minimum atomic E-state index is -0.618. The van der Waals surface area contributed by atoms with Crippen LogP contribution >= 0.6 is 15.9 Å². The van der Waals surface area contributed by atoms with Crippen molar-refractivity contribution in [2.45, 2.75) is 52.4 Å². The summed E-state index contributed by atoms with van der Waals surface area (Å²) in [5.41, 5.74) is 0.391. The average molecular weight is 344 g/mol. The van der Waals surface area contributed by atoms with Crippen LogP contribution in [0.2, 0.25) is 0 Å². The molecule has 0 aliphatic carbocycles. The topological polar surface area (TPSA) is 58.6 Å². The number of hydrogen-bond donors (Lipinski definition) is 2. The number of hydrogen-bond acceptors (Lipinski definition) is 3. The number of rotatable bonds is 6. The fraction of sp³-hybridized carbons (Fsp3) is 0.533. The second kappa shape index (κ2) is 7.09. The Kier molecular flexibility index (Phi) is 6.02. The van der Waals surface area contributed by atoms with Gasteiger partial charge in [0.05, 0.1) is 6.61 Å². The molecule has 0 spiro atoms. The van der Waals surface area contributed by atoms with Gasteiger partial charge in [0.2, 0.25) is 0 Å². The van der Waals surface area contributed by atoms with Crippen molar-refractivity contribution in [3.05, 3.63) is 28.2 Å². The van der Waals surface area contributed by atoms with Crippen molar-refractivity contribution in [2.75, 3.05) is 0 Å². The van der Waals surface area contributed by atoms with Crippen LogP contribution < -0.4 is 10.1 Å². The van der Waals surface area contributed by atoms with E-state index in [1.54, 1.807) is 19.1 Å². The largest absolute Gasteiger partial charge is 0.481 e. The van der Waals surface area contributed by atoms with Crippen LogP contribution in [0.25, 0.3) is 0 Å². The third-order valence-corrected chi connectivity index (χ3v) is 3.70. The SMILES string of the molecule is CCC(C)(C)NC(=O)C(C)Oc1ccc(Br)cc1CO. The van der Waals surface area contributed by atoms with E-state index in [0.29, 0.717) is 11.3 Å². The molecular weight excluding hydrogens is 322 g/mol. The van der Waals surface area contributed by atoms with Crippen molar-refractivity contribution in [3.63, 3.8) is 0 Å². The molecule has 0 aliphatic rings.